The number of aryl methyl sites for hydroxylation is 1. The van der Waals surface area contributed by atoms with E-state index in [0.717, 1.165) is 17.7 Å². The number of rotatable bonds is 7. The Labute approximate surface area is 185 Å². The fraction of sp³-hybridized carbons (Fsp3) is 0.0476. The van der Waals surface area contributed by atoms with E-state index in [-0.39, 0.29) is 5.69 Å². The largest absolute Gasteiger partial charge is 0.362 e. The topological polar surface area (TPSA) is 166 Å². The van der Waals surface area contributed by atoms with Crippen molar-refractivity contribution in [2.75, 3.05) is 5.48 Å². The number of anilines is 1. The molecule has 12 heteroatoms. The molecule has 0 atom stereocenters. The van der Waals surface area contributed by atoms with Gasteiger partial charge in [0.25, 0.3) is 11.4 Å². The molecule has 0 aliphatic carbocycles. The lowest BCUT2D eigenvalue weighted by Gasteiger charge is -2.07. The highest BCUT2D eigenvalue weighted by Gasteiger charge is 2.24. The standard InChI is InChI=1S/C21H15N5O7/c1-13-3-2-4-14(11-13)21(28)33-24-16-7-5-15(6-8-16)22-23-20(27)18-10-9-17(25(29)30)12-19(18)26(31)32/h2-12,24H,1H3. The minimum atomic E-state index is -1.04. The molecule has 33 heavy (non-hydrogen) atoms. The Kier molecular flexibility index (Phi) is 6.78. The Hall–Kier alpha value is -5.00. The second-order valence-electron chi connectivity index (χ2n) is 6.63. The van der Waals surface area contributed by atoms with E-state index >= 15 is 0 Å². The van der Waals surface area contributed by atoms with Crippen LogP contribution in [0.1, 0.15) is 26.3 Å². The van der Waals surface area contributed by atoms with Crippen LogP contribution in [-0.4, -0.2) is 21.7 Å². The summed E-state index contributed by atoms with van der Waals surface area (Å²) in [5.41, 5.74) is 2.74. The van der Waals surface area contributed by atoms with E-state index in [1.54, 1.807) is 18.2 Å². The molecule has 0 aromatic heterocycles. The van der Waals surface area contributed by atoms with Crippen LogP contribution < -0.4 is 5.48 Å². The summed E-state index contributed by atoms with van der Waals surface area (Å²) in [6, 6.07) is 15.4. The predicted octanol–water partition coefficient (Wildman–Crippen LogP) is 4.92. The summed E-state index contributed by atoms with van der Waals surface area (Å²) >= 11 is 0. The smallest absolute Gasteiger partial charge is 0.338 e. The first kappa shape index (κ1) is 22.7. The molecule has 0 radical (unpaired) electrons. The average Bonchev–Trinajstić information content (AvgIpc) is 2.81. The monoisotopic (exact) mass is 449 g/mol. The second kappa shape index (κ2) is 9.87. The van der Waals surface area contributed by atoms with Crippen LogP contribution in [0.25, 0.3) is 0 Å². The molecule has 0 aliphatic heterocycles. The lowest BCUT2D eigenvalue weighted by atomic mass is 10.1. The summed E-state index contributed by atoms with van der Waals surface area (Å²) in [6.07, 6.45) is 0. The van der Waals surface area contributed by atoms with Gasteiger partial charge in [-0.3, -0.25) is 25.0 Å². The number of azo groups is 1. The minimum absolute atomic E-state index is 0.239. The molecular formula is C21H15N5O7. The molecular weight excluding hydrogens is 434 g/mol. The highest BCUT2D eigenvalue weighted by Crippen LogP contribution is 2.26. The second-order valence-corrected chi connectivity index (χ2v) is 6.63. The molecule has 3 aromatic carbocycles. The molecule has 0 aliphatic rings. The van der Waals surface area contributed by atoms with Crippen LogP contribution in [0.4, 0.5) is 22.7 Å². The van der Waals surface area contributed by atoms with Crippen LogP contribution >= 0.6 is 0 Å². The van der Waals surface area contributed by atoms with Crippen LogP contribution in [0.2, 0.25) is 0 Å². The number of nitrogens with zero attached hydrogens (tertiary/aromatic N) is 4. The molecule has 1 amide bonds. The van der Waals surface area contributed by atoms with Crippen molar-refractivity contribution < 1.29 is 24.3 Å². The number of carbonyl (C=O) groups excluding carboxylic acids is 2. The molecule has 0 unspecified atom stereocenters. The normalized spacial score (nSPS) is 10.6. The molecule has 3 rings (SSSR count). The zero-order valence-corrected chi connectivity index (χ0v) is 17.0. The SMILES string of the molecule is Cc1cccc(C(=O)ONc2ccc(N=NC(=O)c3ccc([N+](=O)[O-])cc3[N+](=O)[O-])cc2)c1. The van der Waals surface area contributed by atoms with Gasteiger partial charge in [-0.25, -0.2) is 10.3 Å². The van der Waals surface area contributed by atoms with Gasteiger partial charge in [-0.2, -0.15) is 0 Å². The van der Waals surface area contributed by atoms with Gasteiger partial charge in [0.05, 0.1) is 32.9 Å². The number of amides is 1. The van der Waals surface area contributed by atoms with Crippen LogP contribution in [0.3, 0.4) is 0 Å². The van der Waals surface area contributed by atoms with E-state index in [1.807, 2.05) is 13.0 Å². The van der Waals surface area contributed by atoms with Crippen LogP contribution in [-0.2, 0) is 4.84 Å². The first-order valence-corrected chi connectivity index (χ1v) is 9.27. The van der Waals surface area contributed by atoms with Gasteiger partial charge in [0.1, 0.15) is 5.56 Å². The average molecular weight is 449 g/mol. The summed E-state index contributed by atoms with van der Waals surface area (Å²) in [5.74, 6) is -1.61. The van der Waals surface area contributed by atoms with Crippen LogP contribution in [0, 0.1) is 27.2 Å². The lowest BCUT2D eigenvalue weighted by molar-refractivity contribution is -0.394. The van der Waals surface area contributed by atoms with Crippen molar-refractivity contribution in [3.63, 3.8) is 0 Å². The van der Waals surface area contributed by atoms with Crippen molar-refractivity contribution in [1.82, 2.24) is 0 Å². The first-order valence-electron chi connectivity index (χ1n) is 9.27. The van der Waals surface area contributed by atoms with E-state index in [1.165, 1.54) is 24.3 Å². The molecule has 0 saturated carbocycles. The molecule has 0 heterocycles. The predicted molar refractivity (Wildman–Crippen MR) is 115 cm³/mol. The number of hydrogen-bond donors (Lipinski definition) is 1. The highest BCUT2D eigenvalue weighted by atomic mass is 16.7. The van der Waals surface area contributed by atoms with Crippen molar-refractivity contribution in [2.24, 2.45) is 10.2 Å². The van der Waals surface area contributed by atoms with Crippen molar-refractivity contribution in [3.8, 4) is 0 Å². The van der Waals surface area contributed by atoms with Gasteiger partial charge in [-0.1, -0.05) is 17.7 Å². The molecule has 0 bridgehead atoms. The first-order chi connectivity index (χ1) is 15.7. The van der Waals surface area contributed by atoms with Crippen molar-refractivity contribution >= 4 is 34.6 Å². The van der Waals surface area contributed by atoms with Gasteiger partial charge in [0.2, 0.25) is 0 Å². The number of non-ortho nitro benzene ring substituents is 1. The minimum Gasteiger partial charge on any atom is -0.338 e. The Morgan fingerprint density at radius 2 is 1.67 bits per heavy atom. The van der Waals surface area contributed by atoms with E-state index in [2.05, 4.69) is 15.7 Å². The van der Waals surface area contributed by atoms with Gasteiger partial charge in [0, 0.05) is 6.07 Å². The fourth-order valence-electron chi connectivity index (χ4n) is 2.65. The molecule has 3 aromatic rings. The van der Waals surface area contributed by atoms with E-state index in [9.17, 15) is 29.8 Å². The van der Waals surface area contributed by atoms with E-state index < -0.39 is 38.7 Å². The van der Waals surface area contributed by atoms with Crippen molar-refractivity contribution in [1.29, 1.82) is 0 Å². The zero-order valence-electron chi connectivity index (χ0n) is 17.0. The Morgan fingerprint density at radius 3 is 2.30 bits per heavy atom. The Bertz CT molecular complexity index is 1270. The van der Waals surface area contributed by atoms with E-state index in [0.29, 0.717) is 17.3 Å². The maximum absolute atomic E-state index is 12.2. The number of nitrogens with one attached hydrogen (secondary N) is 1. The summed E-state index contributed by atoms with van der Waals surface area (Å²) in [5, 5.41) is 29.1. The van der Waals surface area contributed by atoms with Gasteiger partial charge >= 0.3 is 11.9 Å². The van der Waals surface area contributed by atoms with Gasteiger partial charge in [-0.05, 0) is 49.4 Å². The van der Waals surface area contributed by atoms with E-state index in [4.69, 9.17) is 4.84 Å². The third kappa shape index (κ3) is 5.79. The van der Waals surface area contributed by atoms with Crippen LogP contribution in [0.5, 0.6) is 0 Å². The summed E-state index contributed by atoms with van der Waals surface area (Å²) in [4.78, 5) is 49.5. The quantitative estimate of drug-likeness (QED) is 0.301. The Balaban J connectivity index is 1.65. The molecule has 12 nitrogen and oxygen atoms in total. The third-order valence-electron chi connectivity index (χ3n) is 4.26. The number of hydrogen-bond acceptors (Lipinski definition) is 9. The number of benzene rings is 3. The maximum Gasteiger partial charge on any atom is 0.362 e. The summed E-state index contributed by atoms with van der Waals surface area (Å²) in [6.45, 7) is 1.85. The summed E-state index contributed by atoms with van der Waals surface area (Å²) < 4.78 is 0. The molecule has 1 N–H and O–H groups in total. The zero-order chi connectivity index (χ0) is 24.0. The van der Waals surface area contributed by atoms with Gasteiger partial charge in [-0.15, -0.1) is 10.2 Å². The fourth-order valence-corrected chi connectivity index (χ4v) is 2.65. The molecule has 0 fully saturated rings. The molecule has 166 valence electrons. The number of carbonyl (C=O) groups is 2. The van der Waals surface area contributed by atoms with Crippen molar-refractivity contribution in [2.45, 2.75) is 6.92 Å². The van der Waals surface area contributed by atoms with Crippen LogP contribution in [0.15, 0.2) is 77.0 Å². The maximum atomic E-state index is 12.2. The van der Waals surface area contributed by atoms with Crippen molar-refractivity contribution in [3.05, 3.63) is 104 Å². The lowest BCUT2D eigenvalue weighted by Crippen LogP contribution is -2.10. The number of nitro benzene ring substituents is 2. The molecule has 0 saturated heterocycles. The third-order valence-corrected chi connectivity index (χ3v) is 4.26. The highest BCUT2D eigenvalue weighted by molar-refractivity contribution is 5.99. The molecule has 0 spiro atoms. The van der Waals surface area contributed by atoms with Gasteiger partial charge in [0.15, 0.2) is 0 Å². The number of nitro groups is 2. The Morgan fingerprint density at radius 1 is 0.939 bits per heavy atom. The summed E-state index contributed by atoms with van der Waals surface area (Å²) in [7, 11) is 0. The van der Waals surface area contributed by atoms with Gasteiger partial charge < -0.3 is 4.84 Å².